The SMILES string of the molecule is O=C1OC2(CCC(C(=O)NC3CCN(c4ccc(F)cc4)C3)CC2)c2ccccc21. The van der Waals surface area contributed by atoms with E-state index in [1.54, 1.807) is 12.1 Å². The number of hydrogen-bond donors (Lipinski definition) is 1. The second kappa shape index (κ2) is 7.42. The molecule has 1 N–H and O–H groups in total. The van der Waals surface area contributed by atoms with Gasteiger partial charge in [0.15, 0.2) is 0 Å². The number of amides is 1. The van der Waals surface area contributed by atoms with Crippen LogP contribution in [-0.4, -0.2) is 31.0 Å². The molecule has 0 radical (unpaired) electrons. The van der Waals surface area contributed by atoms with Gasteiger partial charge in [0.1, 0.15) is 11.4 Å². The molecular weight excluding hydrogens is 383 g/mol. The Kier molecular flexibility index (Phi) is 4.72. The molecule has 1 amide bonds. The van der Waals surface area contributed by atoms with Crippen LogP contribution in [-0.2, 0) is 15.1 Å². The van der Waals surface area contributed by atoms with Gasteiger partial charge in [0.2, 0.25) is 5.91 Å². The molecule has 2 fully saturated rings. The van der Waals surface area contributed by atoms with E-state index in [0.717, 1.165) is 30.8 Å². The molecule has 2 aromatic carbocycles. The predicted octanol–water partition coefficient (Wildman–Crippen LogP) is 3.78. The summed E-state index contributed by atoms with van der Waals surface area (Å²) in [6.45, 7) is 1.58. The lowest BCUT2D eigenvalue weighted by Gasteiger charge is -2.36. The number of nitrogens with zero attached hydrogens (tertiary/aromatic N) is 1. The first-order chi connectivity index (χ1) is 14.5. The highest BCUT2D eigenvalue weighted by atomic mass is 19.1. The van der Waals surface area contributed by atoms with Crippen molar-refractivity contribution in [1.82, 2.24) is 5.32 Å². The fourth-order valence-electron chi connectivity index (χ4n) is 5.15. The van der Waals surface area contributed by atoms with E-state index in [2.05, 4.69) is 10.2 Å². The van der Waals surface area contributed by atoms with Crippen LogP contribution in [0.1, 0.15) is 48.0 Å². The van der Waals surface area contributed by atoms with Gasteiger partial charge in [-0.2, -0.15) is 0 Å². The van der Waals surface area contributed by atoms with Crippen molar-refractivity contribution in [3.63, 3.8) is 0 Å². The fraction of sp³-hybridized carbons (Fsp3) is 0.417. The van der Waals surface area contributed by atoms with Gasteiger partial charge in [-0.1, -0.05) is 18.2 Å². The number of fused-ring (bicyclic) bond motifs is 2. The maximum atomic E-state index is 13.1. The standard InChI is InChI=1S/C24H25FN2O3/c25-17-5-7-19(8-6-17)27-14-11-18(15-27)26-22(28)16-9-12-24(13-10-16)21-4-2-1-3-20(21)23(29)30-24/h1-8,16,18H,9-15H2,(H,26,28). The van der Waals surface area contributed by atoms with Gasteiger partial charge in [-0.05, 0) is 62.4 Å². The Morgan fingerprint density at radius 2 is 1.80 bits per heavy atom. The van der Waals surface area contributed by atoms with Gasteiger partial charge in [-0.15, -0.1) is 0 Å². The minimum Gasteiger partial charge on any atom is -0.451 e. The topological polar surface area (TPSA) is 58.6 Å². The average molecular weight is 408 g/mol. The van der Waals surface area contributed by atoms with Crippen molar-refractivity contribution in [3.05, 3.63) is 65.5 Å². The van der Waals surface area contributed by atoms with E-state index in [1.165, 1.54) is 12.1 Å². The third-order valence-electron chi connectivity index (χ3n) is 6.82. The van der Waals surface area contributed by atoms with Crippen LogP contribution < -0.4 is 10.2 Å². The van der Waals surface area contributed by atoms with Crippen molar-refractivity contribution in [3.8, 4) is 0 Å². The third kappa shape index (κ3) is 3.34. The Labute approximate surface area is 175 Å². The molecule has 1 unspecified atom stereocenters. The van der Waals surface area contributed by atoms with Crippen molar-refractivity contribution >= 4 is 17.6 Å². The Hall–Kier alpha value is -2.89. The molecule has 156 valence electrons. The average Bonchev–Trinajstić information content (AvgIpc) is 3.33. The normalized spacial score (nSPS) is 27.8. The van der Waals surface area contributed by atoms with Gasteiger partial charge < -0.3 is 15.0 Å². The second-order valence-corrected chi connectivity index (χ2v) is 8.62. The number of carbonyl (C=O) groups excluding carboxylic acids is 2. The van der Waals surface area contributed by atoms with Crippen molar-refractivity contribution in [2.24, 2.45) is 5.92 Å². The van der Waals surface area contributed by atoms with Gasteiger partial charge in [0.25, 0.3) is 0 Å². The Balaban J connectivity index is 1.17. The smallest absolute Gasteiger partial charge is 0.339 e. The maximum absolute atomic E-state index is 13.1. The van der Waals surface area contributed by atoms with Crippen LogP contribution in [0.5, 0.6) is 0 Å². The summed E-state index contributed by atoms with van der Waals surface area (Å²) in [6.07, 6.45) is 3.66. The largest absolute Gasteiger partial charge is 0.451 e. The molecular formula is C24H25FN2O3. The number of rotatable bonds is 3. The molecule has 5 rings (SSSR count). The van der Waals surface area contributed by atoms with Gasteiger partial charge in [-0.25, -0.2) is 9.18 Å². The molecule has 1 aliphatic carbocycles. The fourth-order valence-corrected chi connectivity index (χ4v) is 5.15. The molecule has 0 aromatic heterocycles. The van der Waals surface area contributed by atoms with Gasteiger partial charge in [0.05, 0.1) is 5.56 Å². The molecule has 0 bridgehead atoms. The quantitative estimate of drug-likeness (QED) is 0.786. The molecule has 2 heterocycles. The lowest BCUT2D eigenvalue weighted by atomic mass is 9.74. The minimum absolute atomic E-state index is 0.0537. The molecule has 30 heavy (non-hydrogen) atoms. The molecule has 6 heteroatoms. The van der Waals surface area contributed by atoms with Crippen molar-refractivity contribution in [2.75, 3.05) is 18.0 Å². The summed E-state index contributed by atoms with van der Waals surface area (Å²) < 4.78 is 18.9. The lowest BCUT2D eigenvalue weighted by Crippen LogP contribution is -2.43. The van der Waals surface area contributed by atoms with Crippen LogP contribution in [0.3, 0.4) is 0 Å². The maximum Gasteiger partial charge on any atom is 0.339 e. The highest BCUT2D eigenvalue weighted by Crippen LogP contribution is 2.48. The summed E-state index contributed by atoms with van der Waals surface area (Å²) in [5.74, 6) is -0.454. The zero-order chi connectivity index (χ0) is 20.7. The molecule has 3 aliphatic rings. The second-order valence-electron chi connectivity index (χ2n) is 8.62. The van der Waals surface area contributed by atoms with Crippen LogP contribution in [0.25, 0.3) is 0 Å². The molecule has 2 aromatic rings. The van der Waals surface area contributed by atoms with Crippen LogP contribution in [0.15, 0.2) is 48.5 Å². The van der Waals surface area contributed by atoms with E-state index >= 15 is 0 Å². The number of hydrogen-bond acceptors (Lipinski definition) is 4. The Morgan fingerprint density at radius 3 is 2.57 bits per heavy atom. The van der Waals surface area contributed by atoms with E-state index in [-0.39, 0.29) is 29.7 Å². The van der Waals surface area contributed by atoms with Crippen LogP contribution >= 0.6 is 0 Å². The minimum atomic E-state index is -0.558. The number of nitrogens with one attached hydrogen (secondary N) is 1. The molecule has 1 saturated heterocycles. The number of ether oxygens (including phenoxy) is 1. The van der Waals surface area contributed by atoms with Gasteiger partial charge >= 0.3 is 5.97 Å². The summed E-state index contributed by atoms with van der Waals surface area (Å²) in [5, 5.41) is 3.20. The zero-order valence-corrected chi connectivity index (χ0v) is 16.8. The van der Waals surface area contributed by atoms with Crippen LogP contribution in [0.2, 0.25) is 0 Å². The van der Waals surface area contributed by atoms with Crippen molar-refractivity contribution < 1.29 is 18.7 Å². The molecule has 1 atom stereocenters. The first-order valence-electron chi connectivity index (χ1n) is 10.7. The van der Waals surface area contributed by atoms with Gasteiger partial charge in [-0.3, -0.25) is 4.79 Å². The first kappa shape index (κ1) is 19.1. The number of halogens is 1. The van der Waals surface area contributed by atoms with E-state index in [0.29, 0.717) is 31.2 Å². The molecule has 5 nitrogen and oxygen atoms in total. The number of carbonyl (C=O) groups is 2. The van der Waals surface area contributed by atoms with Crippen LogP contribution in [0, 0.1) is 11.7 Å². The first-order valence-corrected chi connectivity index (χ1v) is 10.7. The molecule has 1 saturated carbocycles. The van der Waals surface area contributed by atoms with Crippen molar-refractivity contribution in [1.29, 1.82) is 0 Å². The third-order valence-corrected chi connectivity index (χ3v) is 6.82. The van der Waals surface area contributed by atoms with E-state index in [1.807, 2.05) is 24.3 Å². The number of benzene rings is 2. The summed E-state index contributed by atoms with van der Waals surface area (Å²) in [6, 6.07) is 14.2. The van der Waals surface area contributed by atoms with E-state index in [4.69, 9.17) is 4.74 Å². The van der Waals surface area contributed by atoms with E-state index in [9.17, 15) is 14.0 Å². The number of esters is 1. The summed E-state index contributed by atoms with van der Waals surface area (Å²) in [7, 11) is 0. The summed E-state index contributed by atoms with van der Waals surface area (Å²) >= 11 is 0. The Bertz CT molecular complexity index is 967. The van der Waals surface area contributed by atoms with Gasteiger partial charge in [0, 0.05) is 36.3 Å². The zero-order valence-electron chi connectivity index (χ0n) is 16.8. The highest BCUT2D eigenvalue weighted by Gasteiger charge is 2.48. The number of anilines is 1. The van der Waals surface area contributed by atoms with Crippen LogP contribution in [0.4, 0.5) is 10.1 Å². The predicted molar refractivity (Wildman–Crippen MR) is 111 cm³/mol. The highest BCUT2D eigenvalue weighted by molar-refractivity contribution is 5.94. The molecule has 1 spiro atoms. The summed E-state index contributed by atoms with van der Waals surface area (Å²) in [4.78, 5) is 27.3. The molecule has 2 aliphatic heterocycles. The monoisotopic (exact) mass is 408 g/mol. The Morgan fingerprint density at radius 1 is 1.07 bits per heavy atom. The van der Waals surface area contributed by atoms with E-state index < -0.39 is 5.60 Å². The van der Waals surface area contributed by atoms with Crippen molar-refractivity contribution in [2.45, 2.75) is 43.7 Å². The summed E-state index contributed by atoms with van der Waals surface area (Å²) in [5.41, 5.74) is 2.05. The lowest BCUT2D eigenvalue weighted by molar-refractivity contribution is -0.128.